The molecule has 0 amide bonds. The molecule has 1 aliphatic heterocycles. The molecule has 1 aliphatic rings. The van der Waals surface area contributed by atoms with Gasteiger partial charge in [0, 0.05) is 19.4 Å². The third-order valence-corrected chi connectivity index (χ3v) is 2.95. The van der Waals surface area contributed by atoms with Gasteiger partial charge in [0.15, 0.2) is 0 Å². The lowest BCUT2D eigenvalue weighted by molar-refractivity contribution is -0.171. The predicted molar refractivity (Wildman–Crippen MR) is 61.1 cm³/mol. The fourth-order valence-electron chi connectivity index (χ4n) is 1.76. The van der Waals surface area contributed by atoms with Gasteiger partial charge in [0.2, 0.25) is 0 Å². The standard InChI is InChI=1S/C12H21NO3/c1-11(2,3)16-10(15)12(4)8-9(14)6-7-13(12)5/h6-8H2,1-5H3. The van der Waals surface area contributed by atoms with Crippen LogP contribution in [0.1, 0.15) is 40.5 Å². The number of carbonyl (C=O) groups excluding carboxylic acids is 2. The summed E-state index contributed by atoms with van der Waals surface area (Å²) in [5, 5.41) is 0. The van der Waals surface area contributed by atoms with E-state index in [1.807, 2.05) is 32.7 Å². The van der Waals surface area contributed by atoms with Gasteiger partial charge >= 0.3 is 5.97 Å². The Bertz CT molecular complexity index is 306. The van der Waals surface area contributed by atoms with E-state index in [4.69, 9.17) is 4.74 Å². The molecular formula is C12H21NO3. The summed E-state index contributed by atoms with van der Waals surface area (Å²) in [6, 6.07) is 0. The minimum Gasteiger partial charge on any atom is -0.459 e. The Kier molecular flexibility index (Phi) is 3.43. The van der Waals surface area contributed by atoms with E-state index in [0.29, 0.717) is 13.0 Å². The number of likely N-dealkylation sites (N-methyl/N-ethyl adjacent to an activating group) is 1. The number of hydrogen-bond acceptors (Lipinski definition) is 4. The SMILES string of the molecule is CN1CCC(=O)CC1(C)C(=O)OC(C)(C)C. The number of carbonyl (C=O) groups is 2. The molecule has 16 heavy (non-hydrogen) atoms. The molecule has 92 valence electrons. The zero-order valence-electron chi connectivity index (χ0n) is 10.8. The quantitative estimate of drug-likeness (QED) is 0.635. The van der Waals surface area contributed by atoms with E-state index in [0.717, 1.165) is 0 Å². The lowest BCUT2D eigenvalue weighted by atomic mass is 9.88. The summed E-state index contributed by atoms with van der Waals surface area (Å²) in [6.07, 6.45) is 0.771. The first kappa shape index (κ1) is 13.2. The Morgan fingerprint density at radius 3 is 2.50 bits per heavy atom. The molecule has 0 aromatic rings. The summed E-state index contributed by atoms with van der Waals surface area (Å²) in [7, 11) is 1.86. The molecule has 0 N–H and O–H groups in total. The van der Waals surface area contributed by atoms with E-state index in [9.17, 15) is 9.59 Å². The number of esters is 1. The van der Waals surface area contributed by atoms with Crippen molar-refractivity contribution in [2.75, 3.05) is 13.6 Å². The molecule has 0 aromatic heterocycles. The Labute approximate surface area is 96.9 Å². The van der Waals surface area contributed by atoms with Gasteiger partial charge in [-0.1, -0.05) is 0 Å². The number of piperidine rings is 1. The first-order valence-corrected chi connectivity index (χ1v) is 5.61. The number of ketones is 1. The molecule has 0 aliphatic carbocycles. The first-order chi connectivity index (χ1) is 7.15. The molecule has 0 radical (unpaired) electrons. The fraction of sp³-hybridized carbons (Fsp3) is 0.833. The molecule has 0 bridgehead atoms. The van der Waals surface area contributed by atoms with Crippen molar-refractivity contribution in [1.82, 2.24) is 4.90 Å². The highest BCUT2D eigenvalue weighted by Crippen LogP contribution is 2.27. The second kappa shape index (κ2) is 4.17. The average molecular weight is 227 g/mol. The lowest BCUT2D eigenvalue weighted by Gasteiger charge is -2.40. The third-order valence-electron chi connectivity index (χ3n) is 2.95. The molecule has 1 fully saturated rings. The van der Waals surface area contributed by atoms with E-state index in [-0.39, 0.29) is 18.2 Å². The second-order valence-corrected chi connectivity index (χ2v) is 5.66. The molecule has 1 unspecified atom stereocenters. The normalized spacial score (nSPS) is 27.9. The van der Waals surface area contributed by atoms with Crippen LogP contribution in [0, 0.1) is 0 Å². The van der Waals surface area contributed by atoms with Gasteiger partial charge in [-0.2, -0.15) is 0 Å². The monoisotopic (exact) mass is 227 g/mol. The van der Waals surface area contributed by atoms with Crippen LogP contribution < -0.4 is 0 Å². The molecule has 1 heterocycles. The van der Waals surface area contributed by atoms with Crippen molar-refractivity contribution in [2.24, 2.45) is 0 Å². The van der Waals surface area contributed by atoms with Gasteiger partial charge in [-0.05, 0) is 34.7 Å². The zero-order valence-corrected chi connectivity index (χ0v) is 10.8. The van der Waals surface area contributed by atoms with Crippen molar-refractivity contribution >= 4 is 11.8 Å². The van der Waals surface area contributed by atoms with Crippen molar-refractivity contribution in [3.8, 4) is 0 Å². The van der Waals surface area contributed by atoms with E-state index in [2.05, 4.69) is 0 Å². The summed E-state index contributed by atoms with van der Waals surface area (Å²) in [5.74, 6) is -0.179. The van der Waals surface area contributed by atoms with Crippen LogP contribution in [-0.4, -0.2) is 41.4 Å². The first-order valence-electron chi connectivity index (χ1n) is 5.61. The van der Waals surface area contributed by atoms with Crippen LogP contribution in [0.5, 0.6) is 0 Å². The van der Waals surface area contributed by atoms with Crippen LogP contribution in [0.25, 0.3) is 0 Å². The molecular weight excluding hydrogens is 206 g/mol. The van der Waals surface area contributed by atoms with E-state index >= 15 is 0 Å². The average Bonchev–Trinajstić information content (AvgIpc) is 2.09. The van der Waals surface area contributed by atoms with Crippen molar-refractivity contribution < 1.29 is 14.3 Å². The smallest absolute Gasteiger partial charge is 0.327 e. The highest BCUT2D eigenvalue weighted by Gasteiger charge is 2.44. The fourth-order valence-corrected chi connectivity index (χ4v) is 1.76. The number of rotatable bonds is 1. The van der Waals surface area contributed by atoms with Gasteiger partial charge in [0.25, 0.3) is 0 Å². The maximum atomic E-state index is 12.1. The maximum absolute atomic E-state index is 12.1. The van der Waals surface area contributed by atoms with Crippen molar-refractivity contribution in [1.29, 1.82) is 0 Å². The van der Waals surface area contributed by atoms with Crippen LogP contribution in [0.3, 0.4) is 0 Å². The molecule has 0 spiro atoms. The maximum Gasteiger partial charge on any atom is 0.327 e. The minimum atomic E-state index is -0.803. The summed E-state index contributed by atoms with van der Waals surface area (Å²) in [4.78, 5) is 25.4. The van der Waals surface area contributed by atoms with Gasteiger partial charge in [-0.25, -0.2) is 0 Å². The van der Waals surface area contributed by atoms with Gasteiger partial charge in [0.1, 0.15) is 16.9 Å². The molecule has 1 atom stereocenters. The number of likely N-dealkylation sites (tertiary alicyclic amines) is 1. The number of hydrogen-bond donors (Lipinski definition) is 0. The number of Topliss-reactive ketones (excluding diaryl/α,β-unsaturated/α-hetero) is 1. The zero-order chi connectivity index (χ0) is 12.6. The second-order valence-electron chi connectivity index (χ2n) is 5.66. The Hall–Kier alpha value is -0.900. The predicted octanol–water partition coefficient (Wildman–Crippen LogP) is 1.38. The van der Waals surface area contributed by atoms with Crippen LogP contribution in [0.2, 0.25) is 0 Å². The molecule has 1 rings (SSSR count). The van der Waals surface area contributed by atoms with Crippen molar-refractivity contribution in [2.45, 2.75) is 51.7 Å². The Balaban J connectivity index is 2.82. The summed E-state index contributed by atoms with van der Waals surface area (Å²) in [5.41, 5.74) is -1.32. The topological polar surface area (TPSA) is 46.6 Å². The molecule has 0 aromatic carbocycles. The Morgan fingerprint density at radius 2 is 2.00 bits per heavy atom. The largest absolute Gasteiger partial charge is 0.459 e. The van der Waals surface area contributed by atoms with Gasteiger partial charge in [0.05, 0.1) is 0 Å². The van der Waals surface area contributed by atoms with Crippen LogP contribution >= 0.6 is 0 Å². The van der Waals surface area contributed by atoms with Crippen molar-refractivity contribution in [3.05, 3.63) is 0 Å². The molecule has 4 heteroatoms. The van der Waals surface area contributed by atoms with Crippen LogP contribution in [-0.2, 0) is 14.3 Å². The summed E-state index contributed by atoms with van der Waals surface area (Å²) < 4.78 is 5.37. The number of nitrogens with zero attached hydrogens (tertiary/aromatic N) is 1. The van der Waals surface area contributed by atoms with Crippen LogP contribution in [0.15, 0.2) is 0 Å². The summed E-state index contributed by atoms with van der Waals surface area (Å²) >= 11 is 0. The summed E-state index contributed by atoms with van der Waals surface area (Å²) in [6.45, 7) is 7.89. The van der Waals surface area contributed by atoms with E-state index in [1.54, 1.807) is 6.92 Å². The van der Waals surface area contributed by atoms with Gasteiger partial charge < -0.3 is 4.74 Å². The van der Waals surface area contributed by atoms with Crippen molar-refractivity contribution in [3.63, 3.8) is 0 Å². The highest BCUT2D eigenvalue weighted by atomic mass is 16.6. The molecule has 1 saturated heterocycles. The minimum absolute atomic E-state index is 0.131. The highest BCUT2D eigenvalue weighted by molar-refractivity contribution is 5.91. The van der Waals surface area contributed by atoms with E-state index in [1.165, 1.54) is 0 Å². The lowest BCUT2D eigenvalue weighted by Crippen LogP contribution is -2.57. The number of ether oxygens (including phenoxy) is 1. The van der Waals surface area contributed by atoms with Gasteiger partial charge in [-0.3, -0.25) is 14.5 Å². The van der Waals surface area contributed by atoms with Crippen LogP contribution in [0.4, 0.5) is 0 Å². The van der Waals surface area contributed by atoms with Gasteiger partial charge in [-0.15, -0.1) is 0 Å². The Morgan fingerprint density at radius 1 is 1.44 bits per heavy atom. The molecule has 4 nitrogen and oxygen atoms in total. The molecule has 0 saturated carbocycles. The third kappa shape index (κ3) is 2.82. The van der Waals surface area contributed by atoms with E-state index < -0.39 is 11.1 Å².